The molecule has 0 saturated carbocycles. The van der Waals surface area contributed by atoms with E-state index in [2.05, 4.69) is 0 Å². The van der Waals surface area contributed by atoms with E-state index in [1.54, 1.807) is 24.3 Å². The average Bonchev–Trinajstić information content (AvgIpc) is 2.14. The Kier molecular flexibility index (Phi) is 1.78. The van der Waals surface area contributed by atoms with Gasteiger partial charge in [-0.05, 0) is 12.1 Å². The largest absolute Gasteiger partial charge is 0.506 e. The van der Waals surface area contributed by atoms with Crippen molar-refractivity contribution in [3.8, 4) is 0 Å². The fraction of sp³-hybridized carbons (Fsp3) is 0.111. The molecule has 1 aliphatic heterocycles. The number of anilines is 1. The second-order valence-electron chi connectivity index (χ2n) is 3.03. The highest BCUT2D eigenvalue weighted by molar-refractivity contribution is 7.95. The Balaban J connectivity index is 2.75. The second kappa shape index (κ2) is 2.75. The van der Waals surface area contributed by atoms with Crippen molar-refractivity contribution in [3.63, 3.8) is 0 Å². The number of aliphatic hydroxyl groups is 1. The predicted molar refractivity (Wildman–Crippen MR) is 54.4 cm³/mol. The molecule has 5 heteroatoms. The summed E-state index contributed by atoms with van der Waals surface area (Å²) in [5, 5.41) is 10.3. The lowest BCUT2D eigenvalue weighted by molar-refractivity contribution is 0.511. The third kappa shape index (κ3) is 1.17. The summed E-state index contributed by atoms with van der Waals surface area (Å²) in [5.74, 6) is -0.210. The molecule has 74 valence electrons. The molecule has 2 rings (SSSR count). The molecule has 0 bridgehead atoms. The van der Waals surface area contributed by atoms with E-state index in [9.17, 15) is 13.5 Å². The van der Waals surface area contributed by atoms with Crippen LogP contribution < -0.4 is 4.31 Å². The SMILES string of the molecule is CN1c2ccccc2C(O)=CS1(=O)=O. The van der Waals surface area contributed by atoms with E-state index < -0.39 is 10.0 Å². The third-order valence-electron chi connectivity index (χ3n) is 2.16. The summed E-state index contributed by atoms with van der Waals surface area (Å²) >= 11 is 0. The van der Waals surface area contributed by atoms with Crippen molar-refractivity contribution >= 4 is 21.5 Å². The van der Waals surface area contributed by atoms with E-state index in [1.165, 1.54) is 7.05 Å². The fourth-order valence-electron chi connectivity index (χ4n) is 1.39. The number of sulfonamides is 1. The number of aliphatic hydroxyl groups excluding tert-OH is 1. The van der Waals surface area contributed by atoms with Gasteiger partial charge in [-0.25, -0.2) is 8.42 Å². The number of hydrogen-bond acceptors (Lipinski definition) is 3. The molecule has 4 nitrogen and oxygen atoms in total. The quantitative estimate of drug-likeness (QED) is 0.704. The van der Waals surface area contributed by atoms with Crippen LogP contribution in [0.3, 0.4) is 0 Å². The maximum atomic E-state index is 11.4. The highest BCUT2D eigenvalue weighted by Gasteiger charge is 2.25. The van der Waals surface area contributed by atoms with Crippen molar-refractivity contribution in [3.05, 3.63) is 35.2 Å². The van der Waals surface area contributed by atoms with Gasteiger partial charge in [-0.1, -0.05) is 12.1 Å². The molecular formula is C9H9NO3S. The molecular weight excluding hydrogens is 202 g/mol. The van der Waals surface area contributed by atoms with E-state index in [-0.39, 0.29) is 5.76 Å². The van der Waals surface area contributed by atoms with Crippen LogP contribution >= 0.6 is 0 Å². The summed E-state index contributed by atoms with van der Waals surface area (Å²) in [7, 11) is -2.05. The highest BCUT2D eigenvalue weighted by Crippen LogP contribution is 2.32. The summed E-state index contributed by atoms with van der Waals surface area (Å²) in [6.45, 7) is 0. The number of benzene rings is 1. The van der Waals surface area contributed by atoms with Crippen molar-refractivity contribution < 1.29 is 13.5 Å². The maximum Gasteiger partial charge on any atom is 0.260 e. The number of para-hydroxylation sites is 1. The van der Waals surface area contributed by atoms with Gasteiger partial charge in [-0.15, -0.1) is 0 Å². The normalized spacial score (nSPS) is 18.6. The lowest BCUT2D eigenvalue weighted by atomic mass is 10.1. The van der Waals surface area contributed by atoms with Crippen LogP contribution in [0.2, 0.25) is 0 Å². The summed E-state index contributed by atoms with van der Waals surface area (Å²) < 4.78 is 24.0. The lowest BCUT2D eigenvalue weighted by Gasteiger charge is -2.24. The molecule has 0 amide bonds. The molecule has 1 N–H and O–H groups in total. The van der Waals surface area contributed by atoms with Gasteiger partial charge in [0.15, 0.2) is 0 Å². The number of nitrogens with zero attached hydrogens (tertiary/aromatic N) is 1. The zero-order valence-corrected chi connectivity index (χ0v) is 8.32. The Bertz CT molecular complexity index is 505. The van der Waals surface area contributed by atoms with Crippen LogP contribution in [0, 0.1) is 0 Å². The summed E-state index contributed by atoms with van der Waals surface area (Å²) in [6.07, 6.45) is 0. The molecule has 0 aromatic heterocycles. The zero-order chi connectivity index (χ0) is 10.3. The molecule has 0 radical (unpaired) electrons. The molecule has 1 heterocycles. The van der Waals surface area contributed by atoms with Gasteiger partial charge in [-0.2, -0.15) is 0 Å². The minimum atomic E-state index is -3.50. The Labute approximate surface area is 82.1 Å². The first-order chi connectivity index (χ1) is 6.52. The van der Waals surface area contributed by atoms with Crippen molar-refractivity contribution in [2.24, 2.45) is 0 Å². The van der Waals surface area contributed by atoms with Gasteiger partial charge >= 0.3 is 0 Å². The Morgan fingerprint density at radius 3 is 2.64 bits per heavy atom. The Hall–Kier alpha value is -1.49. The van der Waals surface area contributed by atoms with E-state index in [4.69, 9.17) is 0 Å². The van der Waals surface area contributed by atoms with Gasteiger partial charge in [-0.3, -0.25) is 4.31 Å². The Morgan fingerprint density at radius 1 is 1.29 bits per heavy atom. The first-order valence-corrected chi connectivity index (χ1v) is 5.52. The molecule has 0 saturated heterocycles. The maximum absolute atomic E-state index is 11.4. The minimum Gasteiger partial charge on any atom is -0.506 e. The van der Waals surface area contributed by atoms with E-state index in [0.717, 1.165) is 9.71 Å². The van der Waals surface area contributed by atoms with Crippen LogP contribution in [0.5, 0.6) is 0 Å². The first-order valence-electron chi connectivity index (χ1n) is 4.01. The number of hydrogen-bond donors (Lipinski definition) is 1. The second-order valence-corrected chi connectivity index (χ2v) is 4.85. The fourth-order valence-corrected chi connectivity index (χ4v) is 2.39. The van der Waals surface area contributed by atoms with Crippen molar-refractivity contribution in [1.82, 2.24) is 0 Å². The van der Waals surface area contributed by atoms with Gasteiger partial charge in [0.05, 0.1) is 11.1 Å². The van der Waals surface area contributed by atoms with Gasteiger partial charge in [0.25, 0.3) is 10.0 Å². The smallest absolute Gasteiger partial charge is 0.260 e. The average molecular weight is 211 g/mol. The standard InChI is InChI=1S/C9H9NO3S/c1-10-8-5-3-2-4-7(8)9(11)6-14(10,12)13/h2-6,11H,1H3. The van der Waals surface area contributed by atoms with Crippen LogP contribution in [0.25, 0.3) is 5.76 Å². The zero-order valence-electron chi connectivity index (χ0n) is 7.51. The molecule has 14 heavy (non-hydrogen) atoms. The molecule has 0 aliphatic carbocycles. The number of rotatable bonds is 0. The summed E-state index contributed by atoms with van der Waals surface area (Å²) in [6, 6.07) is 6.79. The van der Waals surface area contributed by atoms with Crippen LogP contribution in [0.15, 0.2) is 29.7 Å². The lowest BCUT2D eigenvalue weighted by Crippen LogP contribution is -2.28. The van der Waals surface area contributed by atoms with Crippen molar-refractivity contribution in [2.45, 2.75) is 0 Å². The molecule has 1 aliphatic rings. The van der Waals surface area contributed by atoms with Gasteiger partial charge in [0.1, 0.15) is 5.76 Å². The number of fused-ring (bicyclic) bond motifs is 1. The van der Waals surface area contributed by atoms with Crippen LogP contribution in [0.4, 0.5) is 5.69 Å². The van der Waals surface area contributed by atoms with Gasteiger partial charge in [0.2, 0.25) is 0 Å². The van der Waals surface area contributed by atoms with Gasteiger partial charge < -0.3 is 5.11 Å². The molecule has 1 aromatic carbocycles. The molecule has 0 unspecified atom stereocenters. The third-order valence-corrected chi connectivity index (χ3v) is 3.64. The molecule has 0 spiro atoms. The van der Waals surface area contributed by atoms with E-state index in [0.29, 0.717) is 11.3 Å². The highest BCUT2D eigenvalue weighted by atomic mass is 32.2. The van der Waals surface area contributed by atoms with Gasteiger partial charge in [0, 0.05) is 12.6 Å². The van der Waals surface area contributed by atoms with Crippen molar-refractivity contribution in [1.29, 1.82) is 0 Å². The minimum absolute atomic E-state index is 0.210. The van der Waals surface area contributed by atoms with Crippen molar-refractivity contribution in [2.75, 3.05) is 11.4 Å². The summed E-state index contributed by atoms with van der Waals surface area (Å²) in [4.78, 5) is 0. The van der Waals surface area contributed by atoms with E-state index in [1.807, 2.05) is 0 Å². The predicted octanol–water partition coefficient (Wildman–Crippen LogP) is 1.32. The van der Waals surface area contributed by atoms with Crippen LogP contribution in [-0.4, -0.2) is 20.6 Å². The molecule has 0 atom stereocenters. The van der Waals surface area contributed by atoms with Crippen LogP contribution in [-0.2, 0) is 10.0 Å². The topological polar surface area (TPSA) is 57.6 Å². The first kappa shape index (κ1) is 9.08. The van der Waals surface area contributed by atoms with Crippen LogP contribution in [0.1, 0.15) is 5.56 Å². The van der Waals surface area contributed by atoms with E-state index >= 15 is 0 Å². The molecule has 0 fully saturated rings. The monoisotopic (exact) mass is 211 g/mol. The summed E-state index contributed by atoms with van der Waals surface area (Å²) in [5.41, 5.74) is 1.03. The molecule has 1 aromatic rings. The Morgan fingerprint density at radius 2 is 1.93 bits per heavy atom.